The largest absolute Gasteiger partial charge is 0.323 e. The van der Waals surface area contributed by atoms with Gasteiger partial charge in [0, 0.05) is 35.6 Å². The van der Waals surface area contributed by atoms with Crippen LogP contribution in [-0.4, -0.2) is 9.13 Å². The number of fused-ring (bicyclic) bond motifs is 1. The van der Waals surface area contributed by atoms with Gasteiger partial charge in [0.1, 0.15) is 0 Å². The molecule has 0 aliphatic heterocycles. The summed E-state index contributed by atoms with van der Waals surface area (Å²) in [4.78, 5) is 0. The van der Waals surface area contributed by atoms with Gasteiger partial charge in [0.15, 0.2) is 0 Å². The molecule has 0 saturated heterocycles. The van der Waals surface area contributed by atoms with Crippen LogP contribution in [0, 0.1) is 0 Å². The van der Waals surface area contributed by atoms with Crippen molar-refractivity contribution in [3.63, 3.8) is 0 Å². The highest BCUT2D eigenvalue weighted by molar-refractivity contribution is 5.98. The summed E-state index contributed by atoms with van der Waals surface area (Å²) >= 11 is 0. The van der Waals surface area contributed by atoms with Crippen molar-refractivity contribution < 1.29 is 0 Å². The molecule has 0 saturated carbocycles. The van der Waals surface area contributed by atoms with E-state index in [0.29, 0.717) is 0 Å². The number of hydrogen-bond acceptors (Lipinski definition) is 0. The minimum atomic E-state index is 0.0262. The second-order valence-corrected chi connectivity index (χ2v) is 9.73. The van der Waals surface area contributed by atoms with Gasteiger partial charge in [-0.3, -0.25) is 0 Å². The SMILES string of the molecule is CC(C)(C)c1ccc2c(-n3cccc3)c(C(C)(C)C)cc(-n3cccc3)c2c1. The fourth-order valence-corrected chi connectivity index (χ4v) is 3.90. The van der Waals surface area contributed by atoms with Gasteiger partial charge in [0.2, 0.25) is 0 Å². The smallest absolute Gasteiger partial charge is 0.0566 e. The van der Waals surface area contributed by atoms with E-state index in [9.17, 15) is 0 Å². The van der Waals surface area contributed by atoms with Gasteiger partial charge < -0.3 is 9.13 Å². The molecule has 0 atom stereocenters. The molecule has 0 radical (unpaired) electrons. The minimum Gasteiger partial charge on any atom is -0.323 e. The van der Waals surface area contributed by atoms with Crippen LogP contribution in [0.4, 0.5) is 0 Å². The zero-order chi connectivity index (χ0) is 20.1. The second kappa shape index (κ2) is 6.41. The third-order valence-electron chi connectivity index (χ3n) is 5.51. The standard InChI is InChI=1S/C26H30N2/c1-25(2,3)19-11-12-20-21(17-19)23(27-13-7-8-14-27)18-22(26(4,5)6)24(20)28-15-9-10-16-28/h7-18H,1-6H3. The summed E-state index contributed by atoms with van der Waals surface area (Å²) in [5.41, 5.74) is 5.37. The number of hydrogen-bond donors (Lipinski definition) is 0. The average molecular weight is 371 g/mol. The molecule has 144 valence electrons. The molecule has 2 aromatic heterocycles. The van der Waals surface area contributed by atoms with Gasteiger partial charge in [-0.15, -0.1) is 0 Å². The van der Waals surface area contributed by atoms with Crippen molar-refractivity contribution in [2.24, 2.45) is 0 Å². The molecule has 28 heavy (non-hydrogen) atoms. The van der Waals surface area contributed by atoms with Crippen LogP contribution >= 0.6 is 0 Å². The number of rotatable bonds is 2. The summed E-state index contributed by atoms with van der Waals surface area (Å²) in [7, 11) is 0. The first kappa shape index (κ1) is 18.6. The quantitative estimate of drug-likeness (QED) is 0.359. The molecular weight excluding hydrogens is 340 g/mol. The Labute approximate surface area is 168 Å². The summed E-state index contributed by atoms with van der Waals surface area (Å²) in [6.45, 7) is 13.7. The highest BCUT2D eigenvalue weighted by Crippen LogP contribution is 2.39. The van der Waals surface area contributed by atoms with Crippen LogP contribution in [0.5, 0.6) is 0 Å². The van der Waals surface area contributed by atoms with Gasteiger partial charge in [-0.1, -0.05) is 53.7 Å². The number of aromatic nitrogens is 2. The highest BCUT2D eigenvalue weighted by Gasteiger charge is 2.24. The van der Waals surface area contributed by atoms with Crippen LogP contribution in [0.3, 0.4) is 0 Å². The molecule has 0 spiro atoms. The molecule has 0 N–H and O–H groups in total. The van der Waals surface area contributed by atoms with Crippen LogP contribution in [0.25, 0.3) is 22.1 Å². The van der Waals surface area contributed by atoms with Crippen molar-refractivity contribution in [3.8, 4) is 11.4 Å². The maximum Gasteiger partial charge on any atom is 0.0566 e. The Kier molecular flexibility index (Phi) is 4.26. The summed E-state index contributed by atoms with van der Waals surface area (Å²) < 4.78 is 4.50. The Morgan fingerprint density at radius 2 is 1.18 bits per heavy atom. The van der Waals surface area contributed by atoms with Crippen LogP contribution in [0.15, 0.2) is 73.3 Å². The lowest BCUT2D eigenvalue weighted by Gasteiger charge is -2.28. The molecule has 2 aromatic carbocycles. The molecule has 2 nitrogen and oxygen atoms in total. The fourth-order valence-electron chi connectivity index (χ4n) is 3.90. The minimum absolute atomic E-state index is 0.0262. The summed E-state index contributed by atoms with van der Waals surface area (Å²) in [5, 5.41) is 2.58. The first-order chi connectivity index (χ1) is 13.2. The lowest BCUT2D eigenvalue weighted by atomic mass is 9.81. The Morgan fingerprint density at radius 3 is 1.71 bits per heavy atom. The molecule has 0 unspecified atom stereocenters. The van der Waals surface area contributed by atoms with Crippen LogP contribution in [-0.2, 0) is 10.8 Å². The van der Waals surface area contributed by atoms with Gasteiger partial charge in [-0.25, -0.2) is 0 Å². The fraction of sp³-hybridized carbons (Fsp3) is 0.308. The molecule has 0 aliphatic carbocycles. The predicted molar refractivity (Wildman–Crippen MR) is 120 cm³/mol. The van der Waals surface area contributed by atoms with E-state index in [-0.39, 0.29) is 10.8 Å². The summed E-state index contributed by atoms with van der Waals surface area (Å²) in [5.74, 6) is 0. The first-order valence-corrected chi connectivity index (χ1v) is 10.0. The van der Waals surface area contributed by atoms with Crippen LogP contribution in [0.1, 0.15) is 52.7 Å². The monoisotopic (exact) mass is 370 g/mol. The van der Waals surface area contributed by atoms with E-state index >= 15 is 0 Å². The Hall–Kier alpha value is -2.74. The molecule has 4 rings (SSSR count). The number of benzene rings is 2. The van der Waals surface area contributed by atoms with Crippen molar-refractivity contribution in [3.05, 3.63) is 84.4 Å². The third-order valence-corrected chi connectivity index (χ3v) is 5.51. The Bertz CT molecular complexity index is 1100. The molecule has 0 bridgehead atoms. The molecular formula is C26H30N2. The lowest BCUT2D eigenvalue weighted by molar-refractivity contribution is 0.586. The van der Waals surface area contributed by atoms with Gasteiger partial charge in [-0.05, 0) is 58.4 Å². The molecule has 2 heterocycles. The Balaban J connectivity index is 2.17. The molecule has 2 heteroatoms. The van der Waals surface area contributed by atoms with Crippen molar-refractivity contribution >= 4 is 10.8 Å². The molecule has 0 aliphatic rings. The predicted octanol–water partition coefficient (Wildman–Crippen LogP) is 7.02. The topological polar surface area (TPSA) is 9.86 Å². The normalized spacial score (nSPS) is 12.6. The van der Waals surface area contributed by atoms with E-state index in [0.717, 1.165) is 0 Å². The van der Waals surface area contributed by atoms with Gasteiger partial charge in [0.05, 0.1) is 11.4 Å². The summed E-state index contributed by atoms with van der Waals surface area (Å²) in [6.07, 6.45) is 8.58. The third kappa shape index (κ3) is 3.17. The van der Waals surface area contributed by atoms with Crippen molar-refractivity contribution in [1.29, 1.82) is 0 Å². The van der Waals surface area contributed by atoms with Gasteiger partial charge >= 0.3 is 0 Å². The zero-order valence-corrected chi connectivity index (χ0v) is 17.8. The van der Waals surface area contributed by atoms with Crippen LogP contribution in [0.2, 0.25) is 0 Å². The highest BCUT2D eigenvalue weighted by atomic mass is 15.0. The van der Waals surface area contributed by atoms with Gasteiger partial charge in [-0.2, -0.15) is 0 Å². The van der Waals surface area contributed by atoms with Crippen LogP contribution < -0.4 is 0 Å². The van der Waals surface area contributed by atoms with Gasteiger partial charge in [0.25, 0.3) is 0 Å². The van der Waals surface area contributed by atoms with E-state index in [2.05, 4.69) is 124 Å². The maximum atomic E-state index is 2.38. The van der Waals surface area contributed by atoms with Crippen molar-refractivity contribution in [2.45, 2.75) is 52.4 Å². The zero-order valence-electron chi connectivity index (χ0n) is 17.8. The average Bonchev–Trinajstić information content (AvgIpc) is 3.32. The van der Waals surface area contributed by atoms with E-state index < -0.39 is 0 Å². The maximum absolute atomic E-state index is 2.38. The van der Waals surface area contributed by atoms with E-state index in [4.69, 9.17) is 0 Å². The number of nitrogens with zero attached hydrogens (tertiary/aromatic N) is 2. The molecule has 0 fully saturated rings. The Morgan fingerprint density at radius 1 is 0.607 bits per heavy atom. The molecule has 4 aromatic rings. The van der Waals surface area contributed by atoms with Crippen molar-refractivity contribution in [1.82, 2.24) is 9.13 Å². The lowest BCUT2D eigenvalue weighted by Crippen LogP contribution is -2.17. The first-order valence-electron chi connectivity index (χ1n) is 10.0. The molecule has 0 amide bonds. The summed E-state index contributed by atoms with van der Waals surface area (Å²) in [6, 6.07) is 17.7. The van der Waals surface area contributed by atoms with E-state index in [1.54, 1.807) is 0 Å². The second-order valence-electron chi connectivity index (χ2n) is 9.73. The van der Waals surface area contributed by atoms with E-state index in [1.165, 1.54) is 33.3 Å². The van der Waals surface area contributed by atoms with Crippen molar-refractivity contribution in [2.75, 3.05) is 0 Å². The van der Waals surface area contributed by atoms with E-state index in [1.807, 2.05) is 0 Å².